The summed E-state index contributed by atoms with van der Waals surface area (Å²) in [6.45, 7) is 4.93. The van der Waals surface area contributed by atoms with Gasteiger partial charge in [0.05, 0.1) is 25.5 Å². The van der Waals surface area contributed by atoms with Crippen LogP contribution in [0.15, 0.2) is 48.5 Å². The molecule has 2 aromatic rings. The number of amides is 2. The predicted octanol–water partition coefficient (Wildman–Crippen LogP) is 2.24. The quantitative estimate of drug-likeness (QED) is 0.616. The molecule has 32 heavy (non-hydrogen) atoms. The minimum absolute atomic E-state index is 0.0663. The Bertz CT molecular complexity index is 919. The molecular weight excluding hydrogens is 406 g/mol. The molecule has 1 heterocycles. The van der Waals surface area contributed by atoms with E-state index in [0.717, 1.165) is 11.1 Å². The van der Waals surface area contributed by atoms with Gasteiger partial charge in [0, 0.05) is 30.3 Å². The molecule has 3 N–H and O–H groups in total. The fraction of sp³-hybridized carbons (Fsp3) is 0.440. The van der Waals surface area contributed by atoms with Crippen molar-refractivity contribution in [1.82, 2.24) is 10.2 Å². The Morgan fingerprint density at radius 2 is 2.00 bits per heavy atom. The van der Waals surface area contributed by atoms with Crippen LogP contribution in [0.25, 0.3) is 0 Å². The lowest BCUT2D eigenvalue weighted by Crippen LogP contribution is -2.47. The molecule has 3 atom stereocenters. The number of carbonyl (C=O) groups excluding carboxylic acids is 2. The minimum atomic E-state index is -0.282. The lowest BCUT2D eigenvalue weighted by Gasteiger charge is -2.32. The number of hydrogen-bond donors (Lipinski definition) is 3. The summed E-state index contributed by atoms with van der Waals surface area (Å²) < 4.78 is 6.32. The number of ether oxygens (including phenoxy) is 1. The van der Waals surface area contributed by atoms with E-state index in [0.29, 0.717) is 24.5 Å². The highest BCUT2D eigenvalue weighted by Crippen LogP contribution is 2.29. The molecule has 0 aromatic heterocycles. The molecule has 0 aliphatic carbocycles. The Balaban J connectivity index is 1.85. The molecule has 0 radical (unpaired) electrons. The van der Waals surface area contributed by atoms with E-state index < -0.39 is 0 Å². The van der Waals surface area contributed by atoms with Crippen LogP contribution >= 0.6 is 0 Å². The maximum absolute atomic E-state index is 13.1. The summed E-state index contributed by atoms with van der Waals surface area (Å²) in [6, 6.07) is 14.7. The normalized spacial score (nSPS) is 19.8. The lowest BCUT2D eigenvalue weighted by atomic mass is 10.0. The van der Waals surface area contributed by atoms with Crippen LogP contribution in [-0.4, -0.2) is 60.7 Å². The van der Waals surface area contributed by atoms with E-state index in [1.165, 1.54) is 0 Å². The highest BCUT2D eigenvalue weighted by molar-refractivity contribution is 5.92. The second-order valence-electron chi connectivity index (χ2n) is 8.48. The van der Waals surface area contributed by atoms with Crippen molar-refractivity contribution in [2.75, 3.05) is 32.1 Å². The van der Waals surface area contributed by atoms with Crippen molar-refractivity contribution in [3.05, 3.63) is 59.7 Å². The first kappa shape index (κ1) is 23.8. The van der Waals surface area contributed by atoms with Crippen LogP contribution in [0.1, 0.15) is 25.0 Å². The average molecular weight is 440 g/mol. The largest absolute Gasteiger partial charge is 0.488 e. The third-order valence-electron chi connectivity index (χ3n) is 5.81. The topological polar surface area (TPSA) is 90.9 Å². The van der Waals surface area contributed by atoms with Gasteiger partial charge in [0.2, 0.25) is 11.8 Å². The van der Waals surface area contributed by atoms with Crippen LogP contribution in [-0.2, 0) is 22.4 Å². The summed E-state index contributed by atoms with van der Waals surface area (Å²) in [7, 11) is 1.87. The molecule has 2 amide bonds. The first-order valence-corrected chi connectivity index (χ1v) is 11.1. The molecule has 0 unspecified atom stereocenters. The SMILES string of the molecule is CNC[C@H]1Oc2ccc(NC(=O)Cc3ccccc3)cc2CC(=O)N([C@H](C)CO)C[C@H]1C. The maximum Gasteiger partial charge on any atom is 0.228 e. The van der Waals surface area contributed by atoms with E-state index >= 15 is 0 Å². The fourth-order valence-electron chi connectivity index (χ4n) is 3.94. The van der Waals surface area contributed by atoms with Gasteiger partial charge < -0.3 is 25.4 Å². The molecule has 0 bridgehead atoms. The van der Waals surface area contributed by atoms with Gasteiger partial charge in [-0.1, -0.05) is 37.3 Å². The Labute approximate surface area is 189 Å². The van der Waals surface area contributed by atoms with Crippen molar-refractivity contribution in [1.29, 1.82) is 0 Å². The van der Waals surface area contributed by atoms with Crippen molar-refractivity contribution in [3.8, 4) is 5.75 Å². The van der Waals surface area contributed by atoms with Crippen LogP contribution in [0.2, 0.25) is 0 Å². The smallest absolute Gasteiger partial charge is 0.228 e. The average Bonchev–Trinajstić information content (AvgIpc) is 2.82. The van der Waals surface area contributed by atoms with E-state index in [4.69, 9.17) is 4.74 Å². The van der Waals surface area contributed by atoms with Gasteiger partial charge in [-0.2, -0.15) is 0 Å². The zero-order valence-corrected chi connectivity index (χ0v) is 19.0. The van der Waals surface area contributed by atoms with E-state index in [1.807, 2.05) is 56.4 Å². The highest BCUT2D eigenvalue weighted by Gasteiger charge is 2.30. The Morgan fingerprint density at radius 3 is 2.69 bits per heavy atom. The molecule has 0 spiro atoms. The Hall–Kier alpha value is -2.90. The molecule has 0 saturated carbocycles. The van der Waals surface area contributed by atoms with Crippen LogP contribution in [0.3, 0.4) is 0 Å². The van der Waals surface area contributed by atoms with Crippen LogP contribution < -0.4 is 15.4 Å². The fourth-order valence-corrected chi connectivity index (χ4v) is 3.94. The lowest BCUT2D eigenvalue weighted by molar-refractivity contribution is -0.134. The standard InChI is InChI=1S/C25H33N3O4/c1-17-15-28(18(2)16-29)25(31)13-20-12-21(9-10-22(20)32-23(17)14-26-3)27-24(30)11-19-7-5-4-6-8-19/h4-10,12,17-18,23,26,29H,11,13-16H2,1-3H3,(H,27,30)/t17-,18-,23-/m1/s1. The highest BCUT2D eigenvalue weighted by atomic mass is 16.5. The van der Waals surface area contributed by atoms with Gasteiger partial charge in [-0.15, -0.1) is 0 Å². The molecule has 172 valence electrons. The van der Waals surface area contributed by atoms with Crippen molar-refractivity contribution in [2.24, 2.45) is 5.92 Å². The van der Waals surface area contributed by atoms with Gasteiger partial charge in [-0.05, 0) is 37.7 Å². The summed E-state index contributed by atoms with van der Waals surface area (Å²) in [5, 5.41) is 15.8. The molecule has 3 rings (SSSR count). The number of carbonyl (C=O) groups is 2. The van der Waals surface area contributed by atoms with Gasteiger partial charge >= 0.3 is 0 Å². The van der Waals surface area contributed by atoms with Gasteiger partial charge in [-0.25, -0.2) is 0 Å². The van der Waals surface area contributed by atoms with E-state index in [-0.39, 0.29) is 49.3 Å². The Morgan fingerprint density at radius 1 is 1.25 bits per heavy atom. The zero-order valence-electron chi connectivity index (χ0n) is 19.0. The number of fused-ring (bicyclic) bond motifs is 1. The van der Waals surface area contributed by atoms with E-state index in [1.54, 1.807) is 11.0 Å². The van der Waals surface area contributed by atoms with Gasteiger partial charge in [0.25, 0.3) is 0 Å². The van der Waals surface area contributed by atoms with Gasteiger partial charge in [0.1, 0.15) is 11.9 Å². The zero-order chi connectivity index (χ0) is 23.1. The van der Waals surface area contributed by atoms with Crippen molar-refractivity contribution < 1.29 is 19.4 Å². The molecule has 1 aliphatic heterocycles. The van der Waals surface area contributed by atoms with Crippen LogP contribution in [0, 0.1) is 5.92 Å². The van der Waals surface area contributed by atoms with E-state index in [9.17, 15) is 14.7 Å². The Kier molecular flexibility index (Phi) is 8.25. The number of aliphatic hydroxyl groups excluding tert-OH is 1. The molecule has 1 aliphatic rings. The molecule has 7 nitrogen and oxygen atoms in total. The molecule has 0 fully saturated rings. The third kappa shape index (κ3) is 6.08. The maximum atomic E-state index is 13.1. The third-order valence-corrected chi connectivity index (χ3v) is 5.81. The molecule has 0 saturated heterocycles. The first-order chi connectivity index (χ1) is 15.4. The monoisotopic (exact) mass is 439 g/mol. The van der Waals surface area contributed by atoms with Crippen LogP contribution in [0.5, 0.6) is 5.75 Å². The van der Waals surface area contributed by atoms with Crippen molar-refractivity contribution in [2.45, 2.75) is 38.8 Å². The second kappa shape index (κ2) is 11.1. The number of nitrogens with one attached hydrogen (secondary N) is 2. The minimum Gasteiger partial charge on any atom is -0.488 e. The van der Waals surface area contributed by atoms with Gasteiger partial charge in [-0.3, -0.25) is 9.59 Å². The number of hydrogen-bond acceptors (Lipinski definition) is 5. The van der Waals surface area contributed by atoms with Crippen LogP contribution in [0.4, 0.5) is 5.69 Å². The molecular formula is C25H33N3O4. The molecule has 7 heteroatoms. The number of benzene rings is 2. The number of nitrogens with zero attached hydrogens (tertiary/aromatic N) is 1. The summed E-state index contributed by atoms with van der Waals surface area (Å²) in [4.78, 5) is 27.4. The predicted molar refractivity (Wildman–Crippen MR) is 125 cm³/mol. The summed E-state index contributed by atoms with van der Waals surface area (Å²) in [5.74, 6) is 0.520. The number of rotatable bonds is 7. The summed E-state index contributed by atoms with van der Waals surface area (Å²) >= 11 is 0. The number of anilines is 1. The number of aliphatic hydroxyl groups is 1. The van der Waals surface area contributed by atoms with Crippen molar-refractivity contribution in [3.63, 3.8) is 0 Å². The first-order valence-electron chi connectivity index (χ1n) is 11.1. The number of likely N-dealkylation sites (N-methyl/N-ethyl adjacent to an activating group) is 1. The van der Waals surface area contributed by atoms with Crippen molar-refractivity contribution >= 4 is 17.5 Å². The van der Waals surface area contributed by atoms with E-state index in [2.05, 4.69) is 17.6 Å². The summed E-state index contributed by atoms with van der Waals surface area (Å²) in [6.07, 6.45) is 0.273. The second-order valence-corrected chi connectivity index (χ2v) is 8.48. The molecule has 2 aromatic carbocycles. The van der Waals surface area contributed by atoms with Gasteiger partial charge in [0.15, 0.2) is 0 Å². The summed E-state index contributed by atoms with van der Waals surface area (Å²) in [5.41, 5.74) is 2.28.